The Labute approximate surface area is 160 Å². The van der Waals surface area contributed by atoms with Gasteiger partial charge < -0.3 is 5.32 Å². The molecule has 0 aromatic heterocycles. The van der Waals surface area contributed by atoms with Gasteiger partial charge in [0.1, 0.15) is 0 Å². The van der Waals surface area contributed by atoms with Crippen LogP contribution in [-0.4, -0.2) is 5.91 Å². The van der Waals surface area contributed by atoms with Gasteiger partial charge in [0.15, 0.2) is 0 Å². The summed E-state index contributed by atoms with van der Waals surface area (Å²) in [6.07, 6.45) is 12.6. The molecular weight excluding hydrogens is 318 g/mol. The first-order valence-electron chi connectivity index (χ1n) is 11.3. The molecule has 8 atom stereocenters. The van der Waals surface area contributed by atoms with E-state index in [1.165, 1.54) is 44.2 Å². The number of rotatable bonds is 3. The Balaban J connectivity index is 1.66. The molecule has 2 unspecified atom stereocenters. The molecule has 2 heteroatoms. The molecule has 146 valence electrons. The van der Waals surface area contributed by atoms with Gasteiger partial charge >= 0.3 is 0 Å². The van der Waals surface area contributed by atoms with Gasteiger partial charge in [-0.25, -0.2) is 0 Å². The zero-order valence-corrected chi connectivity index (χ0v) is 17.6. The van der Waals surface area contributed by atoms with Gasteiger partial charge in [-0.05, 0) is 73.0 Å². The average molecular weight is 358 g/mol. The van der Waals surface area contributed by atoms with Gasteiger partial charge in [-0.2, -0.15) is 0 Å². The van der Waals surface area contributed by atoms with Crippen LogP contribution in [0, 0.1) is 46.3 Å². The molecule has 3 aliphatic carbocycles. The molecule has 1 aliphatic heterocycles. The van der Waals surface area contributed by atoms with Crippen molar-refractivity contribution in [2.24, 2.45) is 46.3 Å². The molecule has 2 nitrogen and oxygen atoms in total. The monoisotopic (exact) mass is 357 g/mol. The molecule has 4 aliphatic rings. The van der Waals surface area contributed by atoms with Crippen LogP contribution in [0.1, 0.15) is 86.0 Å². The number of carbonyl (C=O) groups is 1. The van der Waals surface area contributed by atoms with Crippen molar-refractivity contribution in [3.63, 3.8) is 0 Å². The third-order valence-corrected chi connectivity index (χ3v) is 9.45. The zero-order chi connectivity index (χ0) is 18.7. The van der Waals surface area contributed by atoms with E-state index in [0.29, 0.717) is 17.8 Å². The normalized spacial score (nSPS) is 48.7. The Morgan fingerprint density at radius 1 is 1.19 bits per heavy atom. The van der Waals surface area contributed by atoms with Crippen LogP contribution in [0.25, 0.3) is 0 Å². The van der Waals surface area contributed by atoms with Gasteiger partial charge in [-0.3, -0.25) is 4.79 Å². The Morgan fingerprint density at radius 3 is 2.69 bits per heavy atom. The van der Waals surface area contributed by atoms with E-state index in [-0.39, 0.29) is 11.3 Å². The zero-order valence-electron chi connectivity index (χ0n) is 17.6. The highest BCUT2D eigenvalue weighted by atomic mass is 16.1. The Hall–Kier alpha value is -0.790. The van der Waals surface area contributed by atoms with Gasteiger partial charge in [0.25, 0.3) is 0 Å². The highest BCUT2D eigenvalue weighted by molar-refractivity contribution is 5.79. The molecular formula is C24H39NO. The first kappa shape index (κ1) is 18.6. The lowest BCUT2D eigenvalue weighted by atomic mass is 9.46. The van der Waals surface area contributed by atoms with Crippen LogP contribution in [-0.2, 0) is 4.79 Å². The van der Waals surface area contributed by atoms with Crippen molar-refractivity contribution in [1.82, 2.24) is 5.32 Å². The van der Waals surface area contributed by atoms with E-state index in [1.807, 2.05) is 0 Å². The van der Waals surface area contributed by atoms with Gasteiger partial charge in [0.2, 0.25) is 5.91 Å². The predicted octanol–water partition coefficient (Wildman–Crippen LogP) is 5.93. The molecule has 1 heterocycles. The fourth-order valence-corrected chi connectivity index (χ4v) is 8.16. The van der Waals surface area contributed by atoms with Crippen LogP contribution in [0.3, 0.4) is 0 Å². The predicted molar refractivity (Wildman–Crippen MR) is 107 cm³/mol. The van der Waals surface area contributed by atoms with E-state index in [4.69, 9.17) is 0 Å². The lowest BCUT2D eigenvalue weighted by Gasteiger charge is -2.59. The molecule has 3 fully saturated rings. The summed E-state index contributed by atoms with van der Waals surface area (Å²) in [6.45, 7) is 12.4. The van der Waals surface area contributed by atoms with Crippen LogP contribution in [0.2, 0.25) is 0 Å². The molecule has 0 spiro atoms. The van der Waals surface area contributed by atoms with E-state index in [2.05, 4.69) is 46.0 Å². The minimum Gasteiger partial charge on any atom is -0.330 e. The highest BCUT2D eigenvalue weighted by Crippen LogP contribution is 2.67. The lowest BCUT2D eigenvalue weighted by molar-refractivity contribution is -0.126. The number of piperidine rings is 1. The van der Waals surface area contributed by atoms with E-state index in [1.54, 1.807) is 0 Å². The van der Waals surface area contributed by atoms with Crippen molar-refractivity contribution in [2.75, 3.05) is 0 Å². The van der Waals surface area contributed by atoms with Crippen LogP contribution in [0.5, 0.6) is 0 Å². The minimum absolute atomic E-state index is 0.208. The number of hydrogen-bond acceptors (Lipinski definition) is 1. The number of hydrogen-bond donors (Lipinski definition) is 1. The van der Waals surface area contributed by atoms with Crippen LogP contribution >= 0.6 is 0 Å². The van der Waals surface area contributed by atoms with Gasteiger partial charge in [0.05, 0.1) is 0 Å². The Morgan fingerprint density at radius 2 is 1.96 bits per heavy atom. The highest BCUT2D eigenvalue weighted by Gasteiger charge is 2.60. The van der Waals surface area contributed by atoms with Crippen molar-refractivity contribution in [3.05, 3.63) is 11.8 Å². The maximum absolute atomic E-state index is 12.0. The molecule has 0 radical (unpaired) electrons. The van der Waals surface area contributed by atoms with Gasteiger partial charge in [-0.1, -0.05) is 53.5 Å². The summed E-state index contributed by atoms with van der Waals surface area (Å²) in [5.41, 5.74) is 2.02. The Kier molecular flexibility index (Phi) is 4.56. The Bertz CT molecular complexity index is 609. The fraction of sp³-hybridized carbons (Fsp3) is 0.875. The smallest absolute Gasteiger partial charge is 0.224 e. The quantitative estimate of drug-likeness (QED) is 0.666. The van der Waals surface area contributed by atoms with Crippen molar-refractivity contribution >= 4 is 5.91 Å². The molecule has 2 saturated carbocycles. The summed E-state index contributed by atoms with van der Waals surface area (Å²) in [5, 5.41) is 3.26. The van der Waals surface area contributed by atoms with Crippen LogP contribution in [0.15, 0.2) is 11.8 Å². The van der Waals surface area contributed by atoms with E-state index >= 15 is 0 Å². The van der Waals surface area contributed by atoms with Crippen molar-refractivity contribution in [2.45, 2.75) is 86.0 Å². The van der Waals surface area contributed by atoms with E-state index in [0.717, 1.165) is 36.0 Å². The first-order chi connectivity index (χ1) is 12.3. The molecule has 0 aromatic rings. The van der Waals surface area contributed by atoms with Crippen molar-refractivity contribution in [3.8, 4) is 0 Å². The summed E-state index contributed by atoms with van der Waals surface area (Å²) in [4.78, 5) is 12.0. The molecule has 0 aromatic carbocycles. The van der Waals surface area contributed by atoms with E-state index in [9.17, 15) is 4.79 Å². The van der Waals surface area contributed by atoms with Crippen LogP contribution in [0.4, 0.5) is 0 Å². The number of carbonyl (C=O) groups excluding carboxylic acids is 1. The van der Waals surface area contributed by atoms with Crippen molar-refractivity contribution in [1.29, 1.82) is 0 Å². The summed E-state index contributed by atoms with van der Waals surface area (Å²) < 4.78 is 0. The molecule has 1 N–H and O–H groups in total. The summed E-state index contributed by atoms with van der Waals surface area (Å²) in [5.74, 6) is 5.09. The molecule has 0 bridgehead atoms. The topological polar surface area (TPSA) is 29.1 Å². The standard InChI is InChI=1S/C24H39NO/c1-6-7-15(2)17-8-9-18-22-16(3)14-20-24(5,13-11-21(26)25-20)19(22)10-12-23(17,18)4/h14-19,22H,6-13H2,1-5H3,(H,25,26)/t15?,16?,17-,18+,19+,22+,23-,24-/m1/s1. The maximum atomic E-state index is 12.0. The summed E-state index contributed by atoms with van der Waals surface area (Å²) in [7, 11) is 0. The molecule has 1 saturated heterocycles. The third kappa shape index (κ3) is 2.53. The second-order valence-electron chi connectivity index (χ2n) is 10.7. The first-order valence-corrected chi connectivity index (χ1v) is 11.3. The third-order valence-electron chi connectivity index (χ3n) is 9.45. The van der Waals surface area contributed by atoms with Crippen LogP contribution < -0.4 is 5.32 Å². The lowest BCUT2D eigenvalue weighted by Crippen LogP contribution is -2.55. The number of amides is 1. The number of fused-ring (bicyclic) bond motifs is 5. The number of allylic oxidation sites excluding steroid dienone is 2. The molecule has 26 heavy (non-hydrogen) atoms. The maximum Gasteiger partial charge on any atom is 0.224 e. The van der Waals surface area contributed by atoms with Gasteiger partial charge in [0, 0.05) is 17.5 Å². The second-order valence-corrected chi connectivity index (χ2v) is 10.7. The SMILES string of the molecule is CCCC(C)[C@H]1CC[C@H]2[C@@H]3C(C)C=C4NC(=O)CC[C@]4(C)[C@H]3CC[C@]12C. The van der Waals surface area contributed by atoms with E-state index < -0.39 is 0 Å². The molecule has 4 rings (SSSR count). The van der Waals surface area contributed by atoms with Gasteiger partial charge in [-0.15, -0.1) is 0 Å². The summed E-state index contributed by atoms with van der Waals surface area (Å²) >= 11 is 0. The van der Waals surface area contributed by atoms with Crippen molar-refractivity contribution < 1.29 is 4.79 Å². The minimum atomic E-state index is 0.208. The average Bonchev–Trinajstić information content (AvgIpc) is 2.94. The number of nitrogens with one attached hydrogen (secondary N) is 1. The summed E-state index contributed by atoms with van der Waals surface area (Å²) in [6, 6.07) is 0. The second kappa shape index (κ2) is 6.38. The largest absolute Gasteiger partial charge is 0.330 e. The fourth-order valence-electron chi connectivity index (χ4n) is 8.16. The molecule has 1 amide bonds.